The van der Waals surface area contributed by atoms with Crippen LogP contribution < -0.4 is 0 Å². The minimum atomic E-state index is -4.96. The lowest BCUT2D eigenvalue weighted by molar-refractivity contribution is -0.161. The molecule has 0 aliphatic heterocycles. The Morgan fingerprint density at radius 1 is 0.278 bits per heavy atom. The first-order chi connectivity index (χ1) is 47.0. The highest BCUT2D eigenvalue weighted by Gasteiger charge is 2.30. The number of rotatable bonds is 78. The Morgan fingerprint density at radius 3 is 0.701 bits per heavy atom. The van der Waals surface area contributed by atoms with E-state index in [9.17, 15) is 43.2 Å². The van der Waals surface area contributed by atoms with Crippen LogP contribution in [-0.2, 0) is 65.4 Å². The number of phosphoric ester groups is 2. The summed E-state index contributed by atoms with van der Waals surface area (Å²) in [6, 6.07) is 0. The van der Waals surface area contributed by atoms with Gasteiger partial charge in [0.05, 0.1) is 26.4 Å². The molecule has 0 aromatic heterocycles. The lowest BCUT2D eigenvalue weighted by atomic mass is 10.0. The molecule has 19 heteroatoms. The Kier molecular flexibility index (Phi) is 69.6. The van der Waals surface area contributed by atoms with Crippen LogP contribution in [0.15, 0.2) is 0 Å². The molecule has 0 amide bonds. The molecular weight excluding hydrogens is 1270 g/mol. The molecule has 0 bridgehead atoms. The van der Waals surface area contributed by atoms with Crippen molar-refractivity contribution >= 4 is 39.5 Å². The number of phosphoric acid groups is 2. The van der Waals surface area contributed by atoms with E-state index in [1.165, 1.54) is 238 Å². The van der Waals surface area contributed by atoms with E-state index in [0.29, 0.717) is 25.7 Å². The maximum atomic E-state index is 13.1. The third-order valence-electron chi connectivity index (χ3n) is 18.3. The van der Waals surface area contributed by atoms with Crippen LogP contribution in [0.1, 0.15) is 413 Å². The molecule has 0 radical (unpaired) electrons. The van der Waals surface area contributed by atoms with Gasteiger partial charge in [0.1, 0.15) is 19.3 Å². The zero-order valence-corrected chi connectivity index (χ0v) is 65.0. The fourth-order valence-corrected chi connectivity index (χ4v) is 13.6. The Balaban J connectivity index is 5.18. The monoisotopic (exact) mass is 1420 g/mol. The first-order valence-electron chi connectivity index (χ1n) is 40.6. The van der Waals surface area contributed by atoms with Gasteiger partial charge in [0, 0.05) is 25.7 Å². The molecule has 0 saturated heterocycles. The van der Waals surface area contributed by atoms with Crippen LogP contribution in [0.25, 0.3) is 0 Å². The summed E-state index contributed by atoms with van der Waals surface area (Å²) in [5.74, 6) is -1.29. The van der Waals surface area contributed by atoms with Crippen molar-refractivity contribution in [3.63, 3.8) is 0 Å². The fourth-order valence-electron chi connectivity index (χ4n) is 12.1. The Morgan fingerprint density at radius 2 is 0.474 bits per heavy atom. The van der Waals surface area contributed by atoms with E-state index >= 15 is 0 Å². The Labute approximate surface area is 594 Å². The largest absolute Gasteiger partial charge is 0.472 e. The average Bonchev–Trinajstić information content (AvgIpc) is 1.32. The van der Waals surface area contributed by atoms with Gasteiger partial charge >= 0.3 is 39.5 Å². The number of aliphatic hydroxyl groups excluding tert-OH is 1. The molecule has 0 aromatic rings. The molecule has 17 nitrogen and oxygen atoms in total. The summed E-state index contributed by atoms with van der Waals surface area (Å²) >= 11 is 0. The van der Waals surface area contributed by atoms with Gasteiger partial charge in [-0.3, -0.25) is 37.3 Å². The third kappa shape index (κ3) is 72.2. The van der Waals surface area contributed by atoms with Crippen molar-refractivity contribution in [2.45, 2.75) is 432 Å². The van der Waals surface area contributed by atoms with E-state index in [2.05, 4.69) is 34.6 Å². The zero-order valence-electron chi connectivity index (χ0n) is 63.2. The second-order valence-electron chi connectivity index (χ2n) is 28.6. The number of ether oxygens (including phenoxy) is 4. The van der Waals surface area contributed by atoms with E-state index in [1.807, 2.05) is 0 Å². The lowest BCUT2D eigenvalue weighted by Crippen LogP contribution is -2.30. The molecule has 0 fully saturated rings. The maximum Gasteiger partial charge on any atom is 0.472 e. The van der Waals surface area contributed by atoms with Crippen LogP contribution in [0.3, 0.4) is 0 Å². The molecule has 0 aromatic carbocycles. The van der Waals surface area contributed by atoms with Gasteiger partial charge in [-0.2, -0.15) is 0 Å². The molecule has 97 heavy (non-hydrogen) atoms. The summed E-state index contributed by atoms with van der Waals surface area (Å²) in [6.45, 7) is 7.32. The lowest BCUT2D eigenvalue weighted by Gasteiger charge is -2.21. The smallest absolute Gasteiger partial charge is 0.462 e. The van der Waals surface area contributed by atoms with Gasteiger partial charge in [0.25, 0.3) is 0 Å². The van der Waals surface area contributed by atoms with Crippen LogP contribution in [-0.4, -0.2) is 96.7 Å². The van der Waals surface area contributed by atoms with E-state index in [4.69, 9.17) is 37.0 Å². The average molecular weight is 1420 g/mol. The zero-order chi connectivity index (χ0) is 71.2. The van der Waals surface area contributed by atoms with Crippen molar-refractivity contribution < 1.29 is 80.2 Å². The molecule has 0 aliphatic carbocycles. The van der Waals surface area contributed by atoms with Gasteiger partial charge in [-0.05, 0) is 31.6 Å². The van der Waals surface area contributed by atoms with E-state index in [-0.39, 0.29) is 25.7 Å². The molecule has 576 valence electrons. The summed E-state index contributed by atoms with van der Waals surface area (Å²) in [5.41, 5.74) is 0. The molecule has 0 aliphatic rings. The number of hydrogen-bond acceptors (Lipinski definition) is 15. The Hall–Kier alpha value is -1.94. The molecule has 0 saturated carbocycles. The van der Waals surface area contributed by atoms with Crippen molar-refractivity contribution in [3.8, 4) is 0 Å². The standard InChI is InChI=1S/C78H152O17P2/c1-6-9-12-15-18-21-23-24-25-28-32-35-38-43-47-52-57-62-76(81)89-68-74(95-78(83)64-59-54-49-44-39-36-33-30-27-26-29-31-34-37-41-45-50-55-60-71(4)5)70-93-97(86,87)91-66-72(79)65-90-96(84,85)92-69-73(67-88-75(80)61-56-51-46-40-20-17-14-11-8-3)94-77(82)63-58-53-48-42-22-19-16-13-10-7-2/h71-74,79H,6-70H2,1-5H3,(H,84,85)(H,86,87)/t72-,73+,74+/m0/s1. The van der Waals surface area contributed by atoms with Crippen LogP contribution >= 0.6 is 15.6 Å². The third-order valence-corrected chi connectivity index (χ3v) is 20.2. The van der Waals surface area contributed by atoms with Crippen molar-refractivity contribution in [3.05, 3.63) is 0 Å². The second-order valence-corrected chi connectivity index (χ2v) is 31.5. The molecule has 3 N–H and O–H groups in total. The molecule has 0 rings (SSSR count). The predicted octanol–water partition coefficient (Wildman–Crippen LogP) is 23.3. The van der Waals surface area contributed by atoms with Gasteiger partial charge in [-0.15, -0.1) is 0 Å². The van der Waals surface area contributed by atoms with E-state index in [0.717, 1.165) is 95.8 Å². The minimum absolute atomic E-state index is 0.107. The normalized spacial score (nSPS) is 13.9. The number of unbranched alkanes of at least 4 members (excludes halogenated alkanes) is 50. The van der Waals surface area contributed by atoms with Gasteiger partial charge in [0.2, 0.25) is 0 Å². The van der Waals surface area contributed by atoms with Gasteiger partial charge < -0.3 is 33.8 Å². The molecule has 5 atom stereocenters. The van der Waals surface area contributed by atoms with Gasteiger partial charge in [-0.25, -0.2) is 9.13 Å². The highest BCUT2D eigenvalue weighted by atomic mass is 31.2. The highest BCUT2D eigenvalue weighted by Crippen LogP contribution is 2.45. The number of esters is 4. The number of carbonyl (C=O) groups excluding carboxylic acids is 4. The summed E-state index contributed by atoms with van der Waals surface area (Å²) in [6.07, 6.45) is 61.1. The molecular formula is C78H152O17P2. The van der Waals surface area contributed by atoms with E-state index < -0.39 is 97.5 Å². The summed E-state index contributed by atoms with van der Waals surface area (Å²) in [7, 11) is -9.91. The fraction of sp³-hybridized carbons (Fsp3) is 0.949. The van der Waals surface area contributed by atoms with Gasteiger partial charge in [0.15, 0.2) is 12.2 Å². The molecule has 2 unspecified atom stereocenters. The summed E-state index contributed by atoms with van der Waals surface area (Å²) < 4.78 is 68.5. The quantitative estimate of drug-likeness (QED) is 0.0222. The minimum Gasteiger partial charge on any atom is -0.462 e. The van der Waals surface area contributed by atoms with Crippen molar-refractivity contribution in [1.29, 1.82) is 0 Å². The summed E-state index contributed by atoms with van der Waals surface area (Å²) in [5, 5.41) is 10.6. The van der Waals surface area contributed by atoms with Crippen molar-refractivity contribution in [2.24, 2.45) is 5.92 Å². The Bertz CT molecular complexity index is 1860. The van der Waals surface area contributed by atoms with Crippen molar-refractivity contribution in [2.75, 3.05) is 39.6 Å². The van der Waals surface area contributed by atoms with Crippen molar-refractivity contribution in [1.82, 2.24) is 0 Å². The predicted molar refractivity (Wildman–Crippen MR) is 395 cm³/mol. The number of aliphatic hydroxyl groups is 1. The van der Waals surface area contributed by atoms with Gasteiger partial charge in [-0.1, -0.05) is 362 Å². The first kappa shape index (κ1) is 95.1. The molecule has 0 heterocycles. The van der Waals surface area contributed by atoms with Crippen LogP contribution in [0.4, 0.5) is 0 Å². The number of carbonyl (C=O) groups is 4. The van der Waals surface area contributed by atoms with Crippen LogP contribution in [0, 0.1) is 5.92 Å². The summed E-state index contributed by atoms with van der Waals surface area (Å²) in [4.78, 5) is 72.8. The van der Waals surface area contributed by atoms with Crippen LogP contribution in [0.5, 0.6) is 0 Å². The van der Waals surface area contributed by atoms with Crippen LogP contribution in [0.2, 0.25) is 0 Å². The highest BCUT2D eigenvalue weighted by molar-refractivity contribution is 7.47. The molecule has 0 spiro atoms. The number of hydrogen-bond donors (Lipinski definition) is 3. The second kappa shape index (κ2) is 71.1. The van der Waals surface area contributed by atoms with E-state index in [1.54, 1.807) is 0 Å². The SMILES string of the molecule is CCCCCCCCCCCCCCCCCCCC(=O)OC[C@H](COP(=O)(O)OC[C@@H](O)COP(=O)(O)OC[C@@H](COC(=O)CCCCCCCCCCC)OC(=O)CCCCCCCCCCCC)OC(=O)CCCCCCCCCCCCCCCCCCCCC(C)C. The first-order valence-corrected chi connectivity index (χ1v) is 43.6. The topological polar surface area (TPSA) is 237 Å². The maximum absolute atomic E-state index is 13.1.